The van der Waals surface area contributed by atoms with Crippen molar-refractivity contribution in [1.29, 1.82) is 0 Å². The lowest BCUT2D eigenvalue weighted by Gasteiger charge is -2.31. The number of ether oxygens (including phenoxy) is 1. The van der Waals surface area contributed by atoms with Crippen LogP contribution >= 0.6 is 0 Å². The van der Waals surface area contributed by atoms with E-state index in [2.05, 4.69) is 0 Å². The zero-order valence-electron chi connectivity index (χ0n) is 15.7. The van der Waals surface area contributed by atoms with Gasteiger partial charge in [0.1, 0.15) is 13.2 Å². The quantitative estimate of drug-likeness (QED) is 0.808. The number of hydrogen-bond acceptors (Lipinski definition) is 3. The minimum atomic E-state index is -3.46. The Morgan fingerprint density at radius 1 is 1.11 bits per heavy atom. The molecule has 1 N–H and O–H groups in total. The van der Waals surface area contributed by atoms with Crippen LogP contribution in [0.4, 0.5) is 4.39 Å². The molecule has 1 aliphatic rings. The number of halogens is 1. The lowest BCUT2D eigenvalue weighted by Crippen LogP contribution is -3.15. The van der Waals surface area contributed by atoms with E-state index in [0.717, 1.165) is 11.1 Å². The molecule has 0 aromatic heterocycles. The Morgan fingerprint density at radius 2 is 1.81 bits per heavy atom. The van der Waals surface area contributed by atoms with Gasteiger partial charge < -0.3 is 9.64 Å². The highest BCUT2D eigenvalue weighted by molar-refractivity contribution is 7.89. The minimum absolute atomic E-state index is 0.257. The Morgan fingerprint density at radius 3 is 2.48 bits per heavy atom. The summed E-state index contributed by atoms with van der Waals surface area (Å²) in [5.74, 6) is -0.107. The maximum Gasteiger partial charge on any atom is 0.243 e. The summed E-state index contributed by atoms with van der Waals surface area (Å²) in [7, 11) is -3.46. The number of sulfonamides is 1. The van der Waals surface area contributed by atoms with E-state index in [4.69, 9.17) is 4.74 Å². The van der Waals surface area contributed by atoms with Gasteiger partial charge in [-0.3, -0.25) is 0 Å². The van der Waals surface area contributed by atoms with Crippen LogP contribution in [0.25, 0.3) is 0 Å². The fourth-order valence-electron chi connectivity index (χ4n) is 3.39. The van der Waals surface area contributed by atoms with Crippen molar-refractivity contribution in [3.05, 3.63) is 59.4 Å². The molecule has 1 fully saturated rings. The number of rotatable bonds is 6. The van der Waals surface area contributed by atoms with Crippen LogP contribution in [0.2, 0.25) is 0 Å². The van der Waals surface area contributed by atoms with Gasteiger partial charge in [0.2, 0.25) is 10.0 Å². The highest BCUT2D eigenvalue weighted by atomic mass is 32.2. The minimum Gasteiger partial charge on any atom is -0.485 e. The Labute approximate surface area is 160 Å². The van der Waals surface area contributed by atoms with Gasteiger partial charge in [-0.15, -0.1) is 0 Å². The summed E-state index contributed by atoms with van der Waals surface area (Å²) in [6.07, 6.45) is 0. The summed E-state index contributed by atoms with van der Waals surface area (Å²) in [4.78, 5) is 1.65. The Bertz CT molecular complexity index is 894. The maximum absolute atomic E-state index is 13.6. The summed E-state index contributed by atoms with van der Waals surface area (Å²) >= 11 is 0. The van der Waals surface area contributed by atoms with Crippen molar-refractivity contribution in [2.24, 2.45) is 0 Å². The number of para-hydroxylation sites is 1. The molecule has 0 atom stereocenters. The van der Waals surface area contributed by atoms with Gasteiger partial charge in [-0.25, -0.2) is 12.8 Å². The van der Waals surface area contributed by atoms with Crippen LogP contribution in [0.3, 0.4) is 0 Å². The number of aryl methyl sites for hydroxylation is 2. The van der Waals surface area contributed by atoms with Crippen molar-refractivity contribution in [3.63, 3.8) is 0 Å². The molecule has 0 radical (unpaired) electrons. The smallest absolute Gasteiger partial charge is 0.243 e. The van der Waals surface area contributed by atoms with Gasteiger partial charge >= 0.3 is 0 Å². The molecule has 27 heavy (non-hydrogen) atoms. The first-order chi connectivity index (χ1) is 12.9. The van der Waals surface area contributed by atoms with Crippen LogP contribution < -0.4 is 9.64 Å². The normalized spacial score (nSPS) is 16.4. The summed E-state index contributed by atoms with van der Waals surface area (Å²) in [6, 6.07) is 11.8. The fourth-order valence-corrected chi connectivity index (χ4v) is 5.04. The van der Waals surface area contributed by atoms with E-state index in [-0.39, 0.29) is 11.6 Å². The van der Waals surface area contributed by atoms with Crippen molar-refractivity contribution < 1.29 is 22.4 Å². The molecule has 1 aliphatic heterocycles. The Hall–Kier alpha value is -1.96. The van der Waals surface area contributed by atoms with Gasteiger partial charge in [0.25, 0.3) is 0 Å². The molecule has 2 aromatic rings. The molecule has 0 saturated carbocycles. The van der Waals surface area contributed by atoms with Crippen LogP contribution in [0.15, 0.2) is 47.4 Å². The third kappa shape index (κ3) is 4.66. The molecular weight excluding hydrogens is 367 g/mol. The summed E-state index contributed by atoms with van der Waals surface area (Å²) in [5, 5.41) is 0. The number of quaternary nitrogens is 1. The molecule has 0 unspecified atom stereocenters. The molecule has 0 bridgehead atoms. The largest absolute Gasteiger partial charge is 0.485 e. The van der Waals surface area contributed by atoms with Gasteiger partial charge in [-0.2, -0.15) is 4.31 Å². The van der Waals surface area contributed by atoms with Gasteiger partial charge in [-0.05, 0) is 37.6 Å². The lowest BCUT2D eigenvalue weighted by atomic mass is 10.2. The predicted octanol–water partition coefficient (Wildman–Crippen LogP) is 1.41. The maximum atomic E-state index is 13.6. The van der Waals surface area contributed by atoms with Gasteiger partial charge in [0.05, 0.1) is 31.1 Å². The van der Waals surface area contributed by atoms with Gasteiger partial charge in [0.15, 0.2) is 11.6 Å². The van der Waals surface area contributed by atoms with Crippen molar-refractivity contribution in [3.8, 4) is 5.75 Å². The van der Waals surface area contributed by atoms with E-state index >= 15 is 0 Å². The summed E-state index contributed by atoms with van der Waals surface area (Å²) in [6.45, 7) is 7.28. The van der Waals surface area contributed by atoms with E-state index in [1.165, 1.54) is 11.0 Å². The zero-order chi connectivity index (χ0) is 19.4. The van der Waals surface area contributed by atoms with Crippen molar-refractivity contribution >= 4 is 10.0 Å². The van der Waals surface area contributed by atoms with E-state index < -0.39 is 10.0 Å². The average Bonchev–Trinajstić information content (AvgIpc) is 2.63. The number of nitrogens with one attached hydrogen (secondary N) is 1. The molecule has 146 valence electrons. The standard InChI is InChI=1S/C20H25FN2O3S/c1-16-7-8-20(17(2)15-16)27(24,25)23-11-9-22(10-12-23)13-14-26-19-6-4-3-5-18(19)21/h3-8,15H,9-14H2,1-2H3/p+1. The fraction of sp³-hybridized carbons (Fsp3) is 0.400. The van der Waals surface area contributed by atoms with Crippen molar-refractivity contribution in [1.82, 2.24) is 4.31 Å². The average molecular weight is 394 g/mol. The van der Waals surface area contributed by atoms with Crippen molar-refractivity contribution in [2.75, 3.05) is 39.3 Å². The molecule has 7 heteroatoms. The highest BCUT2D eigenvalue weighted by Gasteiger charge is 2.31. The predicted molar refractivity (Wildman–Crippen MR) is 102 cm³/mol. The summed E-state index contributed by atoms with van der Waals surface area (Å²) < 4.78 is 46.4. The second-order valence-electron chi connectivity index (χ2n) is 6.95. The second-order valence-corrected chi connectivity index (χ2v) is 8.86. The summed E-state index contributed by atoms with van der Waals surface area (Å²) in [5.41, 5.74) is 1.83. The first-order valence-corrected chi connectivity index (χ1v) is 10.6. The third-order valence-corrected chi connectivity index (χ3v) is 6.99. The molecule has 3 rings (SSSR count). The molecule has 0 spiro atoms. The number of piperazine rings is 1. The topological polar surface area (TPSA) is 51.0 Å². The molecule has 5 nitrogen and oxygen atoms in total. The van der Waals surface area contributed by atoms with Crippen LogP contribution in [0, 0.1) is 19.7 Å². The van der Waals surface area contributed by atoms with Gasteiger partial charge in [0, 0.05) is 0 Å². The number of hydrogen-bond donors (Lipinski definition) is 1. The van der Waals surface area contributed by atoms with Crippen LogP contribution in [0.1, 0.15) is 11.1 Å². The lowest BCUT2D eigenvalue weighted by molar-refractivity contribution is -0.903. The SMILES string of the molecule is Cc1ccc(S(=O)(=O)N2CC[NH+](CCOc3ccccc3F)CC2)c(C)c1. The van der Waals surface area contributed by atoms with E-state index in [1.54, 1.807) is 28.6 Å². The highest BCUT2D eigenvalue weighted by Crippen LogP contribution is 2.21. The Kier molecular flexibility index (Phi) is 6.14. The first kappa shape index (κ1) is 19.8. The van der Waals surface area contributed by atoms with E-state index in [0.29, 0.717) is 44.2 Å². The second kappa shape index (κ2) is 8.37. The molecule has 1 saturated heterocycles. The van der Waals surface area contributed by atoms with Crippen LogP contribution in [0.5, 0.6) is 5.75 Å². The molecular formula is C20H26FN2O3S+. The van der Waals surface area contributed by atoms with Crippen LogP contribution in [-0.4, -0.2) is 52.1 Å². The molecule has 0 amide bonds. The number of benzene rings is 2. The van der Waals surface area contributed by atoms with Crippen LogP contribution in [-0.2, 0) is 10.0 Å². The van der Waals surface area contributed by atoms with Gasteiger partial charge in [-0.1, -0.05) is 29.8 Å². The number of nitrogens with zero attached hydrogens (tertiary/aromatic N) is 1. The Balaban J connectivity index is 1.53. The molecule has 0 aliphatic carbocycles. The molecule has 1 heterocycles. The first-order valence-electron chi connectivity index (χ1n) is 9.16. The monoisotopic (exact) mass is 393 g/mol. The third-order valence-electron chi connectivity index (χ3n) is 4.93. The molecule has 2 aromatic carbocycles. The zero-order valence-corrected chi connectivity index (χ0v) is 16.6. The van der Waals surface area contributed by atoms with E-state index in [1.807, 2.05) is 26.0 Å². The van der Waals surface area contributed by atoms with Crippen molar-refractivity contribution in [2.45, 2.75) is 18.7 Å². The van der Waals surface area contributed by atoms with E-state index in [9.17, 15) is 12.8 Å².